The van der Waals surface area contributed by atoms with Crippen LogP contribution in [0.25, 0.3) is 6.08 Å². The van der Waals surface area contributed by atoms with Crippen LogP contribution in [0.4, 0.5) is 10.1 Å². The molecule has 3 aromatic rings. The number of nitrogens with one attached hydrogen (secondary N) is 2. The Morgan fingerprint density at radius 2 is 1.64 bits per heavy atom. The molecule has 2 amide bonds. The first-order valence-electron chi connectivity index (χ1n) is 9.97. The van der Waals surface area contributed by atoms with E-state index in [0.717, 1.165) is 21.8 Å². The van der Waals surface area contributed by atoms with Crippen molar-refractivity contribution in [2.24, 2.45) is 5.10 Å². The van der Waals surface area contributed by atoms with Gasteiger partial charge in [-0.3, -0.25) is 9.59 Å². The number of amides is 2. The van der Waals surface area contributed by atoms with E-state index < -0.39 is 17.6 Å². The molecule has 0 saturated carbocycles. The monoisotopic (exact) mass is 508 g/mol. The standard InChI is InChI=1S/C25H22BrFN4O2/c1-31(2)22-12-8-17(9-13-22)14-23(29-24(32)19-4-3-5-21(27)15-19)25(33)30-28-16-18-6-10-20(26)11-7-18/h3-16H,1-2H3,(H,29,32)(H,30,33). The summed E-state index contributed by atoms with van der Waals surface area (Å²) in [6.45, 7) is 0. The Labute approximate surface area is 199 Å². The molecule has 0 heterocycles. The highest BCUT2D eigenvalue weighted by molar-refractivity contribution is 9.10. The zero-order valence-corrected chi connectivity index (χ0v) is 19.6. The molecule has 0 aliphatic heterocycles. The van der Waals surface area contributed by atoms with E-state index >= 15 is 0 Å². The van der Waals surface area contributed by atoms with Crippen molar-refractivity contribution in [1.29, 1.82) is 0 Å². The number of benzene rings is 3. The molecular formula is C25H22BrFN4O2. The van der Waals surface area contributed by atoms with Crippen LogP contribution in [0.3, 0.4) is 0 Å². The summed E-state index contributed by atoms with van der Waals surface area (Å²) >= 11 is 3.36. The third kappa shape index (κ3) is 7.11. The maximum Gasteiger partial charge on any atom is 0.287 e. The molecule has 0 fully saturated rings. The van der Waals surface area contributed by atoms with Gasteiger partial charge in [-0.2, -0.15) is 5.10 Å². The summed E-state index contributed by atoms with van der Waals surface area (Å²) in [5, 5.41) is 6.52. The van der Waals surface area contributed by atoms with Crippen molar-refractivity contribution < 1.29 is 14.0 Å². The molecule has 0 radical (unpaired) electrons. The third-order valence-electron chi connectivity index (χ3n) is 4.55. The molecule has 0 unspecified atom stereocenters. The zero-order chi connectivity index (χ0) is 23.8. The van der Waals surface area contributed by atoms with E-state index in [9.17, 15) is 14.0 Å². The van der Waals surface area contributed by atoms with Gasteiger partial charge in [0.15, 0.2) is 0 Å². The number of carbonyl (C=O) groups excluding carboxylic acids is 2. The van der Waals surface area contributed by atoms with Crippen LogP contribution in [0.15, 0.2) is 88.1 Å². The summed E-state index contributed by atoms with van der Waals surface area (Å²) in [5.74, 6) is -1.78. The molecule has 0 spiro atoms. The van der Waals surface area contributed by atoms with Crippen LogP contribution in [0.5, 0.6) is 0 Å². The zero-order valence-electron chi connectivity index (χ0n) is 18.0. The lowest BCUT2D eigenvalue weighted by Gasteiger charge is -2.12. The van der Waals surface area contributed by atoms with Gasteiger partial charge in [-0.15, -0.1) is 0 Å². The van der Waals surface area contributed by atoms with Gasteiger partial charge in [-0.25, -0.2) is 9.82 Å². The van der Waals surface area contributed by atoms with Gasteiger partial charge in [0.25, 0.3) is 11.8 Å². The first kappa shape index (κ1) is 23.9. The second-order valence-corrected chi connectivity index (χ2v) is 8.17. The number of hydrogen-bond donors (Lipinski definition) is 2. The van der Waals surface area contributed by atoms with Crippen LogP contribution >= 0.6 is 15.9 Å². The van der Waals surface area contributed by atoms with E-state index in [-0.39, 0.29) is 11.3 Å². The average molecular weight is 509 g/mol. The summed E-state index contributed by atoms with van der Waals surface area (Å²) in [6.07, 6.45) is 3.02. The minimum Gasteiger partial charge on any atom is -0.378 e. The molecule has 0 saturated heterocycles. The molecule has 3 rings (SSSR count). The largest absolute Gasteiger partial charge is 0.378 e. The normalized spacial score (nSPS) is 11.3. The van der Waals surface area contributed by atoms with E-state index in [1.54, 1.807) is 0 Å². The van der Waals surface area contributed by atoms with E-state index in [0.29, 0.717) is 5.56 Å². The minimum absolute atomic E-state index is 0.0326. The summed E-state index contributed by atoms with van der Waals surface area (Å²) in [4.78, 5) is 27.4. The molecule has 168 valence electrons. The number of rotatable bonds is 7. The molecular weight excluding hydrogens is 487 g/mol. The Kier molecular flexibility index (Phi) is 8.10. The van der Waals surface area contributed by atoms with Gasteiger partial charge in [0.2, 0.25) is 0 Å². The highest BCUT2D eigenvalue weighted by Crippen LogP contribution is 2.15. The number of anilines is 1. The van der Waals surface area contributed by atoms with Gasteiger partial charge >= 0.3 is 0 Å². The van der Waals surface area contributed by atoms with Gasteiger partial charge in [0.05, 0.1) is 6.21 Å². The molecule has 33 heavy (non-hydrogen) atoms. The predicted octanol–water partition coefficient (Wildman–Crippen LogP) is 4.58. The van der Waals surface area contributed by atoms with Crippen molar-refractivity contribution in [3.8, 4) is 0 Å². The van der Waals surface area contributed by atoms with Crippen molar-refractivity contribution in [2.75, 3.05) is 19.0 Å². The summed E-state index contributed by atoms with van der Waals surface area (Å²) in [7, 11) is 3.85. The van der Waals surface area contributed by atoms with E-state index in [4.69, 9.17) is 0 Å². The van der Waals surface area contributed by atoms with Crippen molar-refractivity contribution in [2.45, 2.75) is 0 Å². The number of hydrogen-bond acceptors (Lipinski definition) is 4. The number of carbonyl (C=O) groups is 2. The summed E-state index contributed by atoms with van der Waals surface area (Å²) in [5.41, 5.74) is 4.95. The molecule has 3 aromatic carbocycles. The summed E-state index contributed by atoms with van der Waals surface area (Å²) in [6, 6.07) is 20.0. The average Bonchev–Trinajstić information content (AvgIpc) is 2.80. The molecule has 0 atom stereocenters. The second kappa shape index (κ2) is 11.2. The molecule has 2 N–H and O–H groups in total. The molecule has 8 heteroatoms. The maximum atomic E-state index is 13.5. The van der Waals surface area contributed by atoms with E-state index in [1.165, 1.54) is 30.5 Å². The quantitative estimate of drug-likeness (QED) is 0.278. The van der Waals surface area contributed by atoms with Crippen LogP contribution in [0, 0.1) is 5.82 Å². The molecule has 0 bridgehead atoms. The third-order valence-corrected chi connectivity index (χ3v) is 5.08. The minimum atomic E-state index is -0.621. The second-order valence-electron chi connectivity index (χ2n) is 7.26. The highest BCUT2D eigenvalue weighted by atomic mass is 79.9. The molecule has 0 aliphatic carbocycles. The van der Waals surface area contributed by atoms with Gasteiger partial charge in [-0.1, -0.05) is 46.3 Å². The summed E-state index contributed by atoms with van der Waals surface area (Å²) < 4.78 is 14.5. The SMILES string of the molecule is CN(C)c1ccc(C=C(NC(=O)c2cccc(F)c2)C(=O)NN=Cc2ccc(Br)cc2)cc1. The fourth-order valence-corrected chi connectivity index (χ4v) is 3.06. The van der Waals surface area contributed by atoms with Gasteiger partial charge in [0.1, 0.15) is 11.5 Å². The lowest BCUT2D eigenvalue weighted by Crippen LogP contribution is -2.32. The van der Waals surface area contributed by atoms with E-state index in [2.05, 4.69) is 31.8 Å². The van der Waals surface area contributed by atoms with Crippen LogP contribution in [-0.4, -0.2) is 32.1 Å². The number of halogens is 2. The van der Waals surface area contributed by atoms with Crippen molar-refractivity contribution >= 4 is 45.7 Å². The van der Waals surface area contributed by atoms with Crippen LogP contribution < -0.4 is 15.6 Å². The molecule has 0 aromatic heterocycles. The first-order chi connectivity index (χ1) is 15.8. The van der Waals surface area contributed by atoms with Crippen LogP contribution in [0.1, 0.15) is 21.5 Å². The van der Waals surface area contributed by atoms with Gasteiger partial charge in [-0.05, 0) is 59.7 Å². The van der Waals surface area contributed by atoms with Crippen LogP contribution in [-0.2, 0) is 4.79 Å². The van der Waals surface area contributed by atoms with Gasteiger partial charge < -0.3 is 10.2 Å². The predicted molar refractivity (Wildman–Crippen MR) is 132 cm³/mol. The lowest BCUT2D eigenvalue weighted by molar-refractivity contribution is -0.117. The Balaban J connectivity index is 1.82. The smallest absolute Gasteiger partial charge is 0.287 e. The first-order valence-corrected chi connectivity index (χ1v) is 10.8. The Bertz CT molecular complexity index is 1190. The van der Waals surface area contributed by atoms with Crippen molar-refractivity contribution in [3.63, 3.8) is 0 Å². The fraction of sp³-hybridized carbons (Fsp3) is 0.0800. The van der Waals surface area contributed by atoms with Crippen molar-refractivity contribution in [3.05, 3.63) is 105 Å². The Morgan fingerprint density at radius 1 is 0.970 bits per heavy atom. The lowest BCUT2D eigenvalue weighted by atomic mass is 10.1. The maximum absolute atomic E-state index is 13.5. The van der Waals surface area contributed by atoms with Gasteiger partial charge in [0, 0.05) is 29.8 Å². The Hall–Kier alpha value is -3.78. The van der Waals surface area contributed by atoms with Crippen molar-refractivity contribution in [1.82, 2.24) is 10.7 Å². The molecule has 0 aliphatic rings. The van der Waals surface area contributed by atoms with Crippen LogP contribution in [0.2, 0.25) is 0 Å². The van der Waals surface area contributed by atoms with E-state index in [1.807, 2.05) is 67.5 Å². The fourth-order valence-electron chi connectivity index (χ4n) is 2.79. The molecule has 6 nitrogen and oxygen atoms in total. The number of hydrazone groups is 1. The topological polar surface area (TPSA) is 73.8 Å². The Morgan fingerprint density at radius 3 is 2.27 bits per heavy atom. The number of nitrogens with zero attached hydrogens (tertiary/aromatic N) is 2. The highest BCUT2D eigenvalue weighted by Gasteiger charge is 2.15.